The van der Waals surface area contributed by atoms with E-state index in [2.05, 4.69) is 20.1 Å². The summed E-state index contributed by atoms with van der Waals surface area (Å²) in [6, 6.07) is 8.07. The molecule has 4 rings (SSSR count). The molecule has 0 saturated carbocycles. The van der Waals surface area contributed by atoms with Crippen molar-refractivity contribution in [1.82, 2.24) is 29.1 Å². The van der Waals surface area contributed by atoms with Crippen LogP contribution in [-0.2, 0) is 16.7 Å². The van der Waals surface area contributed by atoms with Gasteiger partial charge in [0.1, 0.15) is 10.6 Å². The van der Waals surface area contributed by atoms with E-state index >= 15 is 0 Å². The van der Waals surface area contributed by atoms with Crippen molar-refractivity contribution in [2.75, 3.05) is 26.2 Å². The first kappa shape index (κ1) is 20.9. The Kier molecular flexibility index (Phi) is 5.62. The van der Waals surface area contributed by atoms with Crippen molar-refractivity contribution in [3.63, 3.8) is 0 Å². The van der Waals surface area contributed by atoms with Gasteiger partial charge in [0.05, 0.1) is 6.67 Å². The number of hydrogen-bond donors (Lipinski definition) is 1. The van der Waals surface area contributed by atoms with Gasteiger partial charge in [0, 0.05) is 31.7 Å². The summed E-state index contributed by atoms with van der Waals surface area (Å²) in [5, 5.41) is 7.02. The largest absolute Gasteiger partial charge is 0.360 e. The Balaban J connectivity index is 1.43. The Bertz CT molecular complexity index is 1180. The second-order valence-electron chi connectivity index (χ2n) is 7.47. The van der Waals surface area contributed by atoms with Crippen LogP contribution in [0.4, 0.5) is 0 Å². The lowest BCUT2D eigenvalue weighted by molar-refractivity contribution is 0.145. The molecular weight excluding hydrogens is 424 g/mol. The van der Waals surface area contributed by atoms with E-state index in [4.69, 9.17) is 16.7 Å². The summed E-state index contributed by atoms with van der Waals surface area (Å²) in [6.07, 6.45) is 0. The monoisotopic (exact) mass is 448 g/mol. The minimum absolute atomic E-state index is 0.175. The summed E-state index contributed by atoms with van der Waals surface area (Å²) in [4.78, 5) is 6.78. The summed E-state index contributed by atoms with van der Waals surface area (Å²) in [5.74, 6) is 1.04. The molecule has 1 aromatic carbocycles. The lowest BCUT2D eigenvalue weighted by Gasteiger charge is -2.33. The van der Waals surface area contributed by atoms with Crippen LogP contribution in [0.3, 0.4) is 0 Å². The molecule has 0 atom stereocenters. The van der Waals surface area contributed by atoms with E-state index in [9.17, 15) is 8.42 Å². The van der Waals surface area contributed by atoms with E-state index in [0.717, 1.165) is 11.4 Å². The summed E-state index contributed by atoms with van der Waals surface area (Å²) in [6.45, 7) is 7.77. The predicted molar refractivity (Wildman–Crippen MR) is 114 cm³/mol. The molecule has 1 N–H and O–H groups in total. The van der Waals surface area contributed by atoms with Gasteiger partial charge >= 0.3 is 0 Å². The highest BCUT2D eigenvalue weighted by Crippen LogP contribution is 2.24. The third-order valence-electron chi connectivity index (χ3n) is 5.24. The van der Waals surface area contributed by atoms with Gasteiger partial charge in [-0.1, -0.05) is 35.0 Å². The minimum Gasteiger partial charge on any atom is -0.360 e. The minimum atomic E-state index is -3.62. The Morgan fingerprint density at radius 3 is 2.37 bits per heavy atom. The molecular formula is C19H24N6O3S2. The molecule has 160 valence electrons. The summed E-state index contributed by atoms with van der Waals surface area (Å²) in [7, 11) is -3.62. The fourth-order valence-corrected chi connectivity index (χ4v) is 5.48. The Labute approximate surface area is 180 Å². The molecule has 0 amide bonds. The summed E-state index contributed by atoms with van der Waals surface area (Å²) < 4.78 is 34.7. The SMILES string of the molecule is Cc1ccc(-c2nc(=S)n(CN3CCN(S(=O)(=O)c4c(C)noc4C)CC3)[nH]2)cc1. The van der Waals surface area contributed by atoms with Crippen molar-refractivity contribution in [2.45, 2.75) is 32.3 Å². The number of aromatic nitrogens is 4. The van der Waals surface area contributed by atoms with E-state index < -0.39 is 10.0 Å². The van der Waals surface area contributed by atoms with E-state index in [-0.39, 0.29) is 4.90 Å². The van der Waals surface area contributed by atoms with Crippen LogP contribution in [0.5, 0.6) is 0 Å². The highest BCUT2D eigenvalue weighted by molar-refractivity contribution is 7.89. The van der Waals surface area contributed by atoms with Crippen LogP contribution in [0.2, 0.25) is 0 Å². The Morgan fingerprint density at radius 2 is 1.77 bits per heavy atom. The van der Waals surface area contributed by atoms with Gasteiger partial charge in [-0.3, -0.25) is 10.00 Å². The quantitative estimate of drug-likeness (QED) is 0.599. The van der Waals surface area contributed by atoms with E-state index in [1.54, 1.807) is 13.8 Å². The van der Waals surface area contributed by atoms with Crippen LogP contribution < -0.4 is 0 Å². The average Bonchev–Trinajstić information content (AvgIpc) is 3.25. The number of sulfonamides is 1. The van der Waals surface area contributed by atoms with Gasteiger partial charge < -0.3 is 4.52 Å². The van der Waals surface area contributed by atoms with Crippen LogP contribution in [0.1, 0.15) is 17.0 Å². The van der Waals surface area contributed by atoms with Gasteiger partial charge in [-0.2, -0.15) is 9.29 Å². The molecule has 11 heteroatoms. The predicted octanol–water partition coefficient (Wildman–Crippen LogP) is 2.48. The van der Waals surface area contributed by atoms with Crippen molar-refractivity contribution in [3.8, 4) is 11.4 Å². The molecule has 3 heterocycles. The number of rotatable bonds is 5. The van der Waals surface area contributed by atoms with E-state index in [1.165, 1.54) is 9.87 Å². The zero-order valence-electron chi connectivity index (χ0n) is 17.1. The van der Waals surface area contributed by atoms with Crippen LogP contribution in [-0.4, -0.2) is 63.7 Å². The highest BCUT2D eigenvalue weighted by Gasteiger charge is 2.33. The molecule has 0 radical (unpaired) electrons. The number of nitrogens with one attached hydrogen (secondary N) is 1. The third-order valence-corrected chi connectivity index (χ3v) is 7.70. The number of aromatic amines is 1. The zero-order chi connectivity index (χ0) is 21.5. The first-order valence-corrected chi connectivity index (χ1v) is 11.5. The summed E-state index contributed by atoms with van der Waals surface area (Å²) in [5.41, 5.74) is 2.55. The molecule has 0 unspecified atom stereocenters. The molecule has 9 nitrogen and oxygen atoms in total. The van der Waals surface area contributed by atoms with Gasteiger partial charge in [0.2, 0.25) is 14.8 Å². The Morgan fingerprint density at radius 1 is 1.10 bits per heavy atom. The highest BCUT2D eigenvalue weighted by atomic mass is 32.2. The van der Waals surface area contributed by atoms with E-state index in [0.29, 0.717) is 49.1 Å². The number of benzene rings is 1. The molecule has 0 spiro atoms. The maximum Gasteiger partial charge on any atom is 0.248 e. The summed E-state index contributed by atoms with van der Waals surface area (Å²) >= 11 is 5.40. The maximum atomic E-state index is 13.0. The lowest BCUT2D eigenvalue weighted by Crippen LogP contribution is -2.49. The molecule has 1 fully saturated rings. The van der Waals surface area contributed by atoms with Crippen molar-refractivity contribution in [1.29, 1.82) is 0 Å². The average molecular weight is 449 g/mol. The molecule has 2 aromatic heterocycles. The normalized spacial score (nSPS) is 16.2. The van der Waals surface area contributed by atoms with Crippen LogP contribution in [0, 0.1) is 25.5 Å². The van der Waals surface area contributed by atoms with Crippen molar-refractivity contribution in [2.24, 2.45) is 0 Å². The second kappa shape index (κ2) is 8.06. The van der Waals surface area contributed by atoms with Crippen LogP contribution in [0.25, 0.3) is 11.4 Å². The molecule has 1 aliphatic heterocycles. The molecule has 1 aliphatic rings. The van der Waals surface area contributed by atoms with Crippen molar-refractivity contribution < 1.29 is 12.9 Å². The fraction of sp³-hybridized carbons (Fsp3) is 0.421. The zero-order valence-corrected chi connectivity index (χ0v) is 18.8. The first-order chi connectivity index (χ1) is 14.3. The van der Waals surface area contributed by atoms with Crippen molar-refractivity contribution >= 4 is 22.2 Å². The van der Waals surface area contributed by atoms with Gasteiger partial charge in [0.25, 0.3) is 0 Å². The molecule has 0 aliphatic carbocycles. The van der Waals surface area contributed by atoms with Crippen LogP contribution >= 0.6 is 12.2 Å². The van der Waals surface area contributed by atoms with Gasteiger partial charge in [0.15, 0.2) is 11.6 Å². The lowest BCUT2D eigenvalue weighted by atomic mass is 10.1. The van der Waals surface area contributed by atoms with Crippen molar-refractivity contribution in [3.05, 3.63) is 46.1 Å². The number of nitrogens with zero attached hydrogens (tertiary/aromatic N) is 5. The molecule has 0 bridgehead atoms. The topological polar surface area (TPSA) is 100 Å². The number of aryl methyl sites for hydroxylation is 3. The first-order valence-electron chi connectivity index (χ1n) is 9.65. The number of hydrogen-bond acceptors (Lipinski definition) is 7. The Hall–Kier alpha value is -2.34. The number of H-pyrrole nitrogens is 1. The van der Waals surface area contributed by atoms with E-state index in [1.807, 2.05) is 35.9 Å². The number of piperazine rings is 1. The van der Waals surface area contributed by atoms with Gasteiger partial charge in [-0.05, 0) is 33.0 Å². The standard InChI is InChI=1S/C19H24N6O3S2/c1-13-4-6-16(7-5-13)18-20-19(29)25(21-18)12-23-8-10-24(11-9-23)30(26,27)17-14(2)22-28-15(17)3/h4-7H,8-12H2,1-3H3,(H,20,21,29). The maximum absolute atomic E-state index is 13.0. The second-order valence-corrected chi connectivity index (χ2v) is 9.71. The molecule has 3 aromatic rings. The third kappa shape index (κ3) is 3.97. The molecule has 30 heavy (non-hydrogen) atoms. The van der Waals surface area contributed by atoms with Gasteiger partial charge in [-0.25, -0.2) is 13.1 Å². The molecule has 1 saturated heterocycles. The smallest absolute Gasteiger partial charge is 0.248 e. The fourth-order valence-electron chi connectivity index (χ4n) is 3.58. The van der Waals surface area contributed by atoms with Gasteiger partial charge in [-0.15, -0.1) is 0 Å². The van der Waals surface area contributed by atoms with Crippen LogP contribution in [0.15, 0.2) is 33.7 Å².